The van der Waals surface area contributed by atoms with E-state index in [0.29, 0.717) is 16.5 Å². The lowest BCUT2D eigenvalue weighted by atomic mass is 9.87. The zero-order valence-corrected chi connectivity index (χ0v) is 15.2. The van der Waals surface area contributed by atoms with Gasteiger partial charge in [0.25, 0.3) is 5.24 Å². The fourth-order valence-corrected chi connectivity index (χ4v) is 2.84. The Kier molecular flexibility index (Phi) is 5.60. The van der Waals surface area contributed by atoms with Crippen molar-refractivity contribution >= 4 is 34.3 Å². The van der Waals surface area contributed by atoms with E-state index in [-0.39, 0.29) is 10.7 Å². The molecule has 2 rings (SSSR count). The van der Waals surface area contributed by atoms with Crippen molar-refractivity contribution in [3.8, 4) is 5.75 Å². The molecule has 3 nitrogen and oxygen atoms in total. The van der Waals surface area contributed by atoms with Gasteiger partial charge in [-0.15, -0.1) is 0 Å². The maximum absolute atomic E-state index is 12.2. The number of benzene rings is 2. The fraction of sp³-hybridized carbons (Fsp3) is 0.278. The number of ether oxygens (including phenoxy) is 1. The van der Waals surface area contributed by atoms with Crippen molar-refractivity contribution in [2.24, 2.45) is 0 Å². The molecule has 0 aliphatic rings. The average Bonchev–Trinajstić information content (AvgIpc) is 2.48. The fourth-order valence-electron chi connectivity index (χ4n) is 2.03. The molecule has 122 valence electrons. The van der Waals surface area contributed by atoms with E-state index in [1.807, 2.05) is 12.1 Å². The number of carbonyl (C=O) groups excluding carboxylic acids is 1. The van der Waals surface area contributed by atoms with E-state index >= 15 is 0 Å². The molecule has 2 aromatic carbocycles. The number of halogens is 1. The molecule has 0 spiro atoms. The smallest absolute Gasteiger partial charge is 0.288 e. The number of carbonyl (C=O) groups is 1. The molecule has 0 saturated carbocycles. The molecule has 1 N–H and O–H groups in total. The second-order valence-corrected chi connectivity index (χ2v) is 7.62. The van der Waals surface area contributed by atoms with Gasteiger partial charge in [0.1, 0.15) is 5.75 Å². The van der Waals surface area contributed by atoms with E-state index in [0.717, 1.165) is 16.7 Å². The molecule has 0 saturated heterocycles. The molecule has 1 amide bonds. The van der Waals surface area contributed by atoms with Gasteiger partial charge in [-0.2, -0.15) is 0 Å². The Hall–Kier alpha value is -1.65. The largest absolute Gasteiger partial charge is 0.495 e. The van der Waals surface area contributed by atoms with Crippen LogP contribution in [0.5, 0.6) is 5.75 Å². The van der Waals surface area contributed by atoms with E-state index in [4.69, 9.17) is 16.3 Å². The highest BCUT2D eigenvalue weighted by Crippen LogP contribution is 2.30. The molecule has 0 heterocycles. The average molecular weight is 350 g/mol. The Bertz CT molecular complexity index is 693. The second kappa shape index (κ2) is 7.28. The first-order chi connectivity index (χ1) is 10.8. The SMILES string of the molecule is COc1cc(Cl)ccc1NC(=O)Sc1ccc(C(C)(C)C)cc1. The normalized spacial score (nSPS) is 11.2. The van der Waals surface area contributed by atoms with Gasteiger partial charge < -0.3 is 10.1 Å². The van der Waals surface area contributed by atoms with Gasteiger partial charge in [0.2, 0.25) is 0 Å². The van der Waals surface area contributed by atoms with Crippen LogP contribution in [-0.4, -0.2) is 12.3 Å². The van der Waals surface area contributed by atoms with Crippen LogP contribution >= 0.6 is 23.4 Å². The maximum atomic E-state index is 12.2. The number of nitrogens with one attached hydrogen (secondary N) is 1. The standard InChI is InChI=1S/C18H20ClNO2S/c1-18(2,3)12-5-8-14(9-6-12)23-17(21)20-15-10-7-13(19)11-16(15)22-4/h5-11H,1-4H3,(H,20,21). The Morgan fingerprint density at radius 2 is 1.78 bits per heavy atom. The third kappa shape index (κ3) is 4.91. The van der Waals surface area contributed by atoms with Crippen LogP contribution in [-0.2, 0) is 5.41 Å². The summed E-state index contributed by atoms with van der Waals surface area (Å²) >= 11 is 7.06. The van der Waals surface area contributed by atoms with Crippen LogP contribution < -0.4 is 10.1 Å². The highest BCUT2D eigenvalue weighted by molar-refractivity contribution is 8.13. The zero-order chi connectivity index (χ0) is 17.0. The molecule has 0 aromatic heterocycles. The van der Waals surface area contributed by atoms with Gasteiger partial charge >= 0.3 is 0 Å². The van der Waals surface area contributed by atoms with E-state index < -0.39 is 0 Å². The van der Waals surface area contributed by atoms with E-state index in [2.05, 4.69) is 38.2 Å². The third-order valence-corrected chi connectivity index (χ3v) is 4.36. The number of rotatable bonds is 3. The van der Waals surface area contributed by atoms with Gasteiger partial charge in [0.05, 0.1) is 12.8 Å². The lowest BCUT2D eigenvalue weighted by molar-refractivity contribution is 0.269. The molecule has 2 aromatic rings. The first-order valence-corrected chi connectivity index (χ1v) is 8.42. The van der Waals surface area contributed by atoms with Gasteiger partial charge in [-0.05, 0) is 47.0 Å². The molecule has 5 heteroatoms. The van der Waals surface area contributed by atoms with Gasteiger partial charge in [-0.3, -0.25) is 4.79 Å². The second-order valence-electron chi connectivity index (χ2n) is 6.13. The zero-order valence-electron chi connectivity index (χ0n) is 13.6. The van der Waals surface area contributed by atoms with Crippen molar-refractivity contribution in [1.29, 1.82) is 0 Å². The molecular formula is C18H20ClNO2S. The van der Waals surface area contributed by atoms with Crippen LogP contribution in [0.25, 0.3) is 0 Å². The molecule has 0 radical (unpaired) electrons. The number of thioether (sulfide) groups is 1. The van der Waals surface area contributed by atoms with Gasteiger partial charge in [-0.25, -0.2) is 0 Å². The predicted molar refractivity (Wildman–Crippen MR) is 98.0 cm³/mol. The van der Waals surface area contributed by atoms with E-state index in [1.165, 1.54) is 5.56 Å². The Labute approximate surface area is 146 Å². The highest BCUT2D eigenvalue weighted by Gasteiger charge is 2.14. The highest BCUT2D eigenvalue weighted by atomic mass is 35.5. The molecule has 0 fully saturated rings. The van der Waals surface area contributed by atoms with Crippen molar-refractivity contribution in [3.63, 3.8) is 0 Å². The summed E-state index contributed by atoms with van der Waals surface area (Å²) in [6.45, 7) is 6.48. The number of hydrogen-bond donors (Lipinski definition) is 1. The molecule has 0 aliphatic carbocycles. The van der Waals surface area contributed by atoms with Gasteiger partial charge in [0, 0.05) is 16.0 Å². The monoisotopic (exact) mass is 349 g/mol. The summed E-state index contributed by atoms with van der Waals surface area (Å²) < 4.78 is 5.22. The lowest BCUT2D eigenvalue weighted by Gasteiger charge is -2.19. The lowest BCUT2D eigenvalue weighted by Crippen LogP contribution is -2.10. The number of amides is 1. The minimum Gasteiger partial charge on any atom is -0.495 e. The van der Waals surface area contributed by atoms with Crippen LogP contribution in [0.1, 0.15) is 26.3 Å². The van der Waals surface area contributed by atoms with Crippen molar-refractivity contribution in [1.82, 2.24) is 0 Å². The van der Waals surface area contributed by atoms with E-state index in [9.17, 15) is 4.79 Å². The van der Waals surface area contributed by atoms with E-state index in [1.54, 1.807) is 25.3 Å². The van der Waals surface area contributed by atoms with Crippen molar-refractivity contribution in [2.75, 3.05) is 12.4 Å². The number of methoxy groups -OCH3 is 1. The minimum absolute atomic E-state index is 0.0993. The van der Waals surface area contributed by atoms with Crippen LogP contribution in [0.4, 0.5) is 10.5 Å². The van der Waals surface area contributed by atoms with Gasteiger partial charge in [-0.1, -0.05) is 44.5 Å². The molecule has 0 aliphatic heterocycles. The predicted octanol–water partition coefficient (Wildman–Crippen LogP) is 5.97. The van der Waals surface area contributed by atoms with Crippen LogP contribution in [0.2, 0.25) is 5.02 Å². The molecule has 0 bridgehead atoms. The molecule has 0 atom stereocenters. The summed E-state index contributed by atoms with van der Waals surface area (Å²) in [5.41, 5.74) is 1.93. The third-order valence-electron chi connectivity index (χ3n) is 3.33. The first kappa shape index (κ1) is 17.7. The Morgan fingerprint density at radius 3 is 2.35 bits per heavy atom. The first-order valence-electron chi connectivity index (χ1n) is 7.22. The van der Waals surface area contributed by atoms with Crippen molar-refractivity contribution in [3.05, 3.63) is 53.1 Å². The summed E-state index contributed by atoms with van der Waals surface area (Å²) in [4.78, 5) is 13.1. The quantitative estimate of drug-likeness (QED) is 0.693. The van der Waals surface area contributed by atoms with Crippen LogP contribution in [0.15, 0.2) is 47.4 Å². The van der Waals surface area contributed by atoms with Crippen LogP contribution in [0.3, 0.4) is 0 Å². The van der Waals surface area contributed by atoms with Crippen LogP contribution in [0, 0.1) is 0 Å². The molecule has 0 unspecified atom stereocenters. The summed E-state index contributed by atoms with van der Waals surface area (Å²) in [5, 5.41) is 3.21. The van der Waals surface area contributed by atoms with Crippen molar-refractivity contribution in [2.45, 2.75) is 31.1 Å². The number of hydrogen-bond acceptors (Lipinski definition) is 3. The summed E-state index contributed by atoms with van der Waals surface area (Å²) in [7, 11) is 1.54. The van der Waals surface area contributed by atoms with Gasteiger partial charge in [0.15, 0.2) is 0 Å². The summed E-state index contributed by atoms with van der Waals surface area (Å²) in [5.74, 6) is 0.537. The van der Waals surface area contributed by atoms with Crippen molar-refractivity contribution < 1.29 is 9.53 Å². The minimum atomic E-state index is -0.172. The molecule has 23 heavy (non-hydrogen) atoms. The Morgan fingerprint density at radius 1 is 1.13 bits per heavy atom. The maximum Gasteiger partial charge on any atom is 0.288 e. The molecular weight excluding hydrogens is 330 g/mol. The summed E-state index contributed by atoms with van der Waals surface area (Å²) in [6, 6.07) is 13.1. The number of anilines is 1. The Balaban J connectivity index is 2.05. The topological polar surface area (TPSA) is 38.3 Å². The summed E-state index contributed by atoms with van der Waals surface area (Å²) in [6.07, 6.45) is 0.